The Morgan fingerprint density at radius 2 is 1.75 bits per heavy atom. The third-order valence-corrected chi connectivity index (χ3v) is 7.06. The van der Waals surface area contributed by atoms with Crippen molar-refractivity contribution in [3.05, 3.63) is 111 Å². The fraction of sp³-hybridized carbons (Fsp3) is 0.111. The number of aromatic nitrogens is 2. The van der Waals surface area contributed by atoms with E-state index in [1.807, 2.05) is 24.3 Å². The van der Waals surface area contributed by atoms with Crippen LogP contribution in [0.25, 0.3) is 11.7 Å². The molecule has 1 aliphatic heterocycles. The van der Waals surface area contributed by atoms with Crippen molar-refractivity contribution in [3.63, 3.8) is 0 Å². The van der Waals surface area contributed by atoms with Crippen molar-refractivity contribution in [2.24, 2.45) is 0 Å². The maximum Gasteiger partial charge on any atom is 0.269 e. The molecule has 2 aromatic heterocycles. The Morgan fingerprint density at radius 1 is 1.03 bits per heavy atom. The molecule has 0 radical (unpaired) electrons. The van der Waals surface area contributed by atoms with Crippen molar-refractivity contribution in [1.82, 2.24) is 14.3 Å². The maximum absolute atomic E-state index is 13.4. The number of carbonyl (C=O) groups is 1. The van der Waals surface area contributed by atoms with Crippen molar-refractivity contribution in [2.45, 2.75) is 19.9 Å². The van der Waals surface area contributed by atoms with Crippen molar-refractivity contribution in [1.29, 1.82) is 0 Å². The zero-order chi connectivity index (χ0) is 25.2. The molecule has 36 heavy (non-hydrogen) atoms. The molecular formula is C27H20FN3O3S2. The molecule has 1 aliphatic rings. The molecular weight excluding hydrogens is 497 g/mol. The number of rotatable bonds is 6. The second-order valence-electron chi connectivity index (χ2n) is 8.06. The first kappa shape index (κ1) is 23.9. The molecule has 0 saturated carbocycles. The van der Waals surface area contributed by atoms with Crippen LogP contribution in [0.4, 0.5) is 4.39 Å². The number of thiocarbonyl (C=S) groups is 1. The predicted molar refractivity (Wildman–Crippen MR) is 142 cm³/mol. The number of thioether (sulfide) groups is 1. The number of fused-ring (bicyclic) bond motifs is 1. The molecule has 1 fully saturated rings. The summed E-state index contributed by atoms with van der Waals surface area (Å²) < 4.78 is 21.1. The van der Waals surface area contributed by atoms with Crippen LogP contribution in [0.5, 0.6) is 11.6 Å². The van der Waals surface area contributed by atoms with Gasteiger partial charge in [0.05, 0.1) is 11.4 Å². The second kappa shape index (κ2) is 10.0. The summed E-state index contributed by atoms with van der Waals surface area (Å²) in [5.74, 6) is -0.0764. The largest absolute Gasteiger partial charge is 0.438 e. The van der Waals surface area contributed by atoms with Crippen molar-refractivity contribution < 1.29 is 13.9 Å². The van der Waals surface area contributed by atoms with Gasteiger partial charge in [-0.05, 0) is 60.0 Å². The summed E-state index contributed by atoms with van der Waals surface area (Å²) in [5, 5.41) is 0. The van der Waals surface area contributed by atoms with Gasteiger partial charge in [-0.3, -0.25) is 18.9 Å². The van der Waals surface area contributed by atoms with E-state index in [1.54, 1.807) is 36.5 Å². The highest BCUT2D eigenvalue weighted by Crippen LogP contribution is 2.35. The van der Waals surface area contributed by atoms with Crippen molar-refractivity contribution in [2.75, 3.05) is 0 Å². The number of halogens is 1. The van der Waals surface area contributed by atoms with E-state index in [-0.39, 0.29) is 40.2 Å². The average Bonchev–Trinajstić information content (AvgIpc) is 3.15. The first-order valence-electron chi connectivity index (χ1n) is 11.2. The van der Waals surface area contributed by atoms with Gasteiger partial charge in [0.25, 0.3) is 11.5 Å². The molecule has 1 amide bonds. The first-order chi connectivity index (χ1) is 17.4. The second-order valence-corrected chi connectivity index (χ2v) is 9.73. The molecule has 0 atom stereocenters. The topological polar surface area (TPSA) is 63.9 Å². The van der Waals surface area contributed by atoms with Gasteiger partial charge in [-0.15, -0.1) is 0 Å². The monoisotopic (exact) mass is 517 g/mol. The summed E-state index contributed by atoms with van der Waals surface area (Å²) in [6.07, 6.45) is 3.98. The number of hydrogen-bond acceptors (Lipinski definition) is 6. The van der Waals surface area contributed by atoms with Crippen LogP contribution in [0.3, 0.4) is 0 Å². The first-order valence-corrected chi connectivity index (χ1v) is 12.4. The van der Waals surface area contributed by atoms with Crippen molar-refractivity contribution >= 4 is 45.9 Å². The lowest BCUT2D eigenvalue weighted by atomic mass is 10.2. The van der Waals surface area contributed by atoms with Crippen LogP contribution in [0.15, 0.2) is 82.6 Å². The lowest BCUT2D eigenvalue weighted by molar-refractivity contribution is -0.122. The van der Waals surface area contributed by atoms with Crippen LogP contribution in [0.2, 0.25) is 0 Å². The molecule has 0 spiro atoms. The van der Waals surface area contributed by atoms with Gasteiger partial charge in [0.15, 0.2) is 0 Å². The molecule has 180 valence electrons. The quantitative estimate of drug-likeness (QED) is 0.245. The highest BCUT2D eigenvalue weighted by molar-refractivity contribution is 8.26. The lowest BCUT2D eigenvalue weighted by Crippen LogP contribution is -2.27. The van der Waals surface area contributed by atoms with Crippen molar-refractivity contribution in [3.8, 4) is 11.6 Å². The Labute approximate surface area is 216 Å². The van der Waals surface area contributed by atoms with Gasteiger partial charge in [-0.2, -0.15) is 4.98 Å². The SMILES string of the molecule is CCc1ccc(Oc2nc3ccccn3c(=O)c2/C=C2/SC(=S)N(Cc3ccc(F)cc3)C2=O)cc1. The van der Waals surface area contributed by atoms with E-state index in [0.29, 0.717) is 15.7 Å². The number of aryl methyl sites for hydroxylation is 1. The molecule has 2 aromatic carbocycles. The molecule has 0 bridgehead atoms. The van der Waals surface area contributed by atoms with Gasteiger partial charge < -0.3 is 4.74 Å². The molecule has 0 aliphatic carbocycles. The minimum atomic E-state index is -0.371. The Hall–Kier alpha value is -3.82. The molecule has 0 N–H and O–H groups in total. The van der Waals surface area contributed by atoms with E-state index in [9.17, 15) is 14.0 Å². The van der Waals surface area contributed by atoms with Gasteiger partial charge >= 0.3 is 0 Å². The van der Waals surface area contributed by atoms with E-state index < -0.39 is 0 Å². The summed E-state index contributed by atoms with van der Waals surface area (Å²) in [4.78, 5) is 32.9. The average molecular weight is 518 g/mol. The molecule has 3 heterocycles. The number of ether oxygens (including phenoxy) is 1. The summed E-state index contributed by atoms with van der Waals surface area (Å²) in [6.45, 7) is 2.26. The fourth-order valence-electron chi connectivity index (χ4n) is 3.73. The maximum atomic E-state index is 13.4. The smallest absolute Gasteiger partial charge is 0.269 e. The van der Waals surface area contributed by atoms with Gasteiger partial charge in [0.1, 0.15) is 27.1 Å². The minimum absolute atomic E-state index is 0.0965. The number of pyridine rings is 1. The molecule has 0 unspecified atom stereocenters. The Morgan fingerprint density at radius 3 is 2.47 bits per heavy atom. The predicted octanol–water partition coefficient (Wildman–Crippen LogP) is 5.59. The van der Waals surface area contributed by atoms with Crippen LogP contribution in [0, 0.1) is 5.82 Å². The Bertz CT molecular complexity index is 1560. The summed E-state index contributed by atoms with van der Waals surface area (Å²) in [6, 6.07) is 18.6. The van der Waals surface area contributed by atoms with Crippen LogP contribution >= 0.6 is 24.0 Å². The zero-order valence-electron chi connectivity index (χ0n) is 19.2. The summed E-state index contributed by atoms with van der Waals surface area (Å²) in [7, 11) is 0. The van der Waals surface area contributed by atoms with Gasteiger partial charge in [0.2, 0.25) is 5.88 Å². The molecule has 6 nitrogen and oxygen atoms in total. The van der Waals surface area contributed by atoms with Gasteiger partial charge in [-0.25, -0.2) is 4.39 Å². The Balaban J connectivity index is 1.53. The summed E-state index contributed by atoms with van der Waals surface area (Å²) >= 11 is 6.53. The molecule has 5 rings (SSSR count). The van der Waals surface area contributed by atoms with Gasteiger partial charge in [-0.1, -0.05) is 61.2 Å². The number of hydrogen-bond donors (Lipinski definition) is 0. The van der Waals surface area contributed by atoms with E-state index in [2.05, 4.69) is 11.9 Å². The molecule has 9 heteroatoms. The van der Waals surface area contributed by atoms with E-state index >= 15 is 0 Å². The van der Waals surface area contributed by atoms with Crippen LogP contribution < -0.4 is 10.3 Å². The highest BCUT2D eigenvalue weighted by atomic mass is 32.2. The van der Waals surface area contributed by atoms with Crippen LogP contribution in [-0.2, 0) is 17.8 Å². The fourth-order valence-corrected chi connectivity index (χ4v) is 4.97. The molecule has 1 saturated heterocycles. The zero-order valence-corrected chi connectivity index (χ0v) is 20.8. The third kappa shape index (κ3) is 4.80. The number of amides is 1. The third-order valence-electron chi connectivity index (χ3n) is 5.68. The van der Waals surface area contributed by atoms with Gasteiger partial charge in [0, 0.05) is 6.20 Å². The number of carbonyl (C=O) groups excluding carboxylic acids is 1. The molecule has 4 aromatic rings. The standard InChI is InChI=1S/C27H20FN3O3S2/c1-2-17-8-12-20(13-9-17)34-24-21(25(32)30-14-4-3-5-23(30)29-24)15-22-26(33)31(27(35)36-22)16-18-6-10-19(28)11-7-18/h3-15H,2,16H2,1H3/b22-15+. The Kier molecular flexibility index (Phi) is 6.67. The van der Waals surface area contributed by atoms with Crippen LogP contribution in [0.1, 0.15) is 23.6 Å². The summed E-state index contributed by atoms with van der Waals surface area (Å²) in [5.41, 5.74) is 2.08. The normalized spacial score (nSPS) is 14.7. The van der Waals surface area contributed by atoms with Crippen LogP contribution in [-0.4, -0.2) is 24.5 Å². The number of nitrogens with zero attached hydrogens (tertiary/aromatic N) is 3. The minimum Gasteiger partial charge on any atom is -0.438 e. The highest BCUT2D eigenvalue weighted by Gasteiger charge is 2.33. The van der Waals surface area contributed by atoms with E-state index in [4.69, 9.17) is 17.0 Å². The number of benzene rings is 2. The van der Waals surface area contributed by atoms with E-state index in [1.165, 1.54) is 27.5 Å². The van der Waals surface area contributed by atoms with E-state index in [0.717, 1.165) is 29.3 Å². The lowest BCUT2D eigenvalue weighted by Gasteiger charge is -2.14.